The lowest BCUT2D eigenvalue weighted by atomic mass is 10.1. The van der Waals surface area contributed by atoms with Gasteiger partial charge in [-0.05, 0) is 54.0 Å². The summed E-state index contributed by atoms with van der Waals surface area (Å²) in [4.78, 5) is 14.4. The van der Waals surface area contributed by atoms with Gasteiger partial charge in [-0.2, -0.15) is 0 Å². The number of rotatable bonds is 5. The molecule has 8 heteroatoms. The fraction of sp³-hybridized carbons (Fsp3) is 0.467. The Morgan fingerprint density at radius 3 is 2.61 bits per heavy atom. The number of piperidine rings is 1. The van der Waals surface area contributed by atoms with Crippen LogP contribution in [0.15, 0.2) is 29.4 Å². The van der Waals surface area contributed by atoms with Crippen LogP contribution in [0.5, 0.6) is 0 Å². The van der Waals surface area contributed by atoms with E-state index in [0.717, 1.165) is 18.8 Å². The maximum absolute atomic E-state index is 12.0. The highest BCUT2D eigenvalue weighted by Crippen LogP contribution is 2.22. The van der Waals surface area contributed by atoms with Gasteiger partial charge in [0.15, 0.2) is 0 Å². The highest BCUT2D eigenvalue weighted by atomic mass is 32.2. The number of amides is 1. The third-order valence-corrected chi connectivity index (χ3v) is 4.80. The summed E-state index contributed by atoms with van der Waals surface area (Å²) in [6.07, 6.45) is 3.84. The van der Waals surface area contributed by atoms with Gasteiger partial charge in [-0.15, -0.1) is 5.10 Å². The third-order valence-electron chi connectivity index (χ3n) is 3.79. The average Bonchev–Trinajstić information content (AvgIpc) is 3.00. The number of hydrogen-bond acceptors (Lipinski definition) is 6. The summed E-state index contributed by atoms with van der Waals surface area (Å²) in [6.45, 7) is 2.24. The third kappa shape index (κ3) is 4.22. The molecule has 23 heavy (non-hydrogen) atoms. The molecule has 2 aromatic rings. The lowest BCUT2D eigenvalue weighted by molar-refractivity contribution is -0.113. The summed E-state index contributed by atoms with van der Waals surface area (Å²) in [7, 11) is 1.75. The van der Waals surface area contributed by atoms with E-state index in [1.807, 2.05) is 12.1 Å². The number of benzene rings is 1. The van der Waals surface area contributed by atoms with Crippen molar-refractivity contribution in [2.45, 2.75) is 24.4 Å². The second-order valence-electron chi connectivity index (χ2n) is 5.52. The van der Waals surface area contributed by atoms with Crippen molar-refractivity contribution >= 4 is 29.0 Å². The highest BCUT2D eigenvalue weighted by Gasteiger charge is 2.11. The van der Waals surface area contributed by atoms with Crippen molar-refractivity contribution in [1.82, 2.24) is 20.2 Å². The monoisotopic (exact) mass is 332 g/mol. The predicted molar refractivity (Wildman–Crippen MR) is 90.7 cm³/mol. The van der Waals surface area contributed by atoms with Crippen molar-refractivity contribution in [1.29, 1.82) is 0 Å². The van der Waals surface area contributed by atoms with Crippen LogP contribution in [-0.2, 0) is 11.8 Å². The van der Waals surface area contributed by atoms with Gasteiger partial charge in [-0.25, -0.2) is 4.68 Å². The largest absolute Gasteiger partial charge is 0.372 e. The highest BCUT2D eigenvalue weighted by molar-refractivity contribution is 7.99. The summed E-state index contributed by atoms with van der Waals surface area (Å²) >= 11 is 1.31. The average molecular weight is 332 g/mol. The smallest absolute Gasteiger partial charge is 0.234 e. The SMILES string of the molecule is Cn1nnnc1SCC(=O)Nc1ccc(N2CCCCC2)cc1. The number of carbonyl (C=O) groups excluding carboxylic acids is 1. The number of carbonyl (C=O) groups is 1. The molecular weight excluding hydrogens is 312 g/mol. The van der Waals surface area contributed by atoms with Gasteiger partial charge in [0.05, 0.1) is 5.75 Å². The number of aromatic nitrogens is 4. The molecule has 122 valence electrons. The molecule has 2 heterocycles. The standard InChI is InChI=1S/C15H20N6OS/c1-20-15(17-18-19-20)23-11-14(22)16-12-5-7-13(8-6-12)21-9-3-2-4-10-21/h5-8H,2-4,9-11H2,1H3,(H,16,22). The molecular formula is C15H20N6OS. The predicted octanol–water partition coefficient (Wildman–Crippen LogP) is 1.93. The summed E-state index contributed by atoms with van der Waals surface area (Å²) in [5, 5.41) is 14.6. The first-order valence-corrected chi connectivity index (χ1v) is 8.71. The Labute approximate surface area is 139 Å². The molecule has 1 aliphatic heterocycles. The number of hydrogen-bond donors (Lipinski definition) is 1. The number of anilines is 2. The molecule has 1 aromatic carbocycles. The Morgan fingerprint density at radius 2 is 1.96 bits per heavy atom. The van der Waals surface area contributed by atoms with Crippen molar-refractivity contribution in [3.05, 3.63) is 24.3 Å². The van der Waals surface area contributed by atoms with Gasteiger partial charge in [0, 0.05) is 31.5 Å². The van der Waals surface area contributed by atoms with Gasteiger partial charge in [0.2, 0.25) is 11.1 Å². The first-order valence-electron chi connectivity index (χ1n) is 7.72. The summed E-state index contributed by atoms with van der Waals surface area (Å²) in [5.41, 5.74) is 2.04. The van der Waals surface area contributed by atoms with Crippen LogP contribution in [0.3, 0.4) is 0 Å². The normalized spacial score (nSPS) is 14.7. The molecule has 1 aromatic heterocycles. The lowest BCUT2D eigenvalue weighted by Gasteiger charge is -2.28. The number of aryl methyl sites for hydroxylation is 1. The number of nitrogens with one attached hydrogen (secondary N) is 1. The second-order valence-corrected chi connectivity index (χ2v) is 6.46. The van der Waals surface area contributed by atoms with E-state index in [4.69, 9.17) is 0 Å². The van der Waals surface area contributed by atoms with Gasteiger partial charge in [0.1, 0.15) is 0 Å². The van der Waals surface area contributed by atoms with Crippen molar-refractivity contribution in [3.63, 3.8) is 0 Å². The quantitative estimate of drug-likeness (QED) is 0.843. The Balaban J connectivity index is 1.51. The zero-order valence-electron chi connectivity index (χ0n) is 13.1. The van der Waals surface area contributed by atoms with Crippen LogP contribution in [0.1, 0.15) is 19.3 Å². The number of tetrazole rings is 1. The van der Waals surface area contributed by atoms with E-state index in [0.29, 0.717) is 5.16 Å². The summed E-state index contributed by atoms with van der Waals surface area (Å²) in [5.74, 6) is 0.214. The van der Waals surface area contributed by atoms with E-state index in [2.05, 4.69) is 37.9 Å². The Morgan fingerprint density at radius 1 is 1.22 bits per heavy atom. The molecule has 0 unspecified atom stereocenters. The van der Waals surface area contributed by atoms with Crippen molar-refractivity contribution < 1.29 is 4.79 Å². The maximum Gasteiger partial charge on any atom is 0.234 e. The molecule has 7 nitrogen and oxygen atoms in total. The van der Waals surface area contributed by atoms with Crippen LogP contribution >= 0.6 is 11.8 Å². The van der Waals surface area contributed by atoms with E-state index in [1.165, 1.54) is 36.7 Å². The van der Waals surface area contributed by atoms with Gasteiger partial charge in [-0.1, -0.05) is 11.8 Å². The minimum Gasteiger partial charge on any atom is -0.372 e. The van der Waals surface area contributed by atoms with E-state index in [-0.39, 0.29) is 11.7 Å². The van der Waals surface area contributed by atoms with Crippen molar-refractivity contribution in [2.24, 2.45) is 7.05 Å². The van der Waals surface area contributed by atoms with Crippen LogP contribution < -0.4 is 10.2 Å². The topological polar surface area (TPSA) is 75.9 Å². The molecule has 0 radical (unpaired) electrons. The fourth-order valence-corrected chi connectivity index (χ4v) is 3.23. The zero-order chi connectivity index (χ0) is 16.1. The van der Waals surface area contributed by atoms with Gasteiger partial charge >= 0.3 is 0 Å². The van der Waals surface area contributed by atoms with Crippen molar-refractivity contribution in [2.75, 3.05) is 29.1 Å². The van der Waals surface area contributed by atoms with Gasteiger partial charge < -0.3 is 10.2 Å². The number of nitrogens with zero attached hydrogens (tertiary/aromatic N) is 5. The molecule has 0 atom stereocenters. The Bertz CT molecular complexity index is 650. The molecule has 1 N–H and O–H groups in total. The van der Waals surface area contributed by atoms with E-state index in [1.54, 1.807) is 11.7 Å². The lowest BCUT2D eigenvalue weighted by Crippen LogP contribution is -2.29. The van der Waals surface area contributed by atoms with Crippen molar-refractivity contribution in [3.8, 4) is 0 Å². The van der Waals surface area contributed by atoms with Crippen LogP contribution in [0, 0.1) is 0 Å². The van der Waals surface area contributed by atoms with Crippen LogP contribution in [-0.4, -0.2) is 45.0 Å². The molecule has 0 aliphatic carbocycles. The zero-order valence-corrected chi connectivity index (χ0v) is 13.9. The Hall–Kier alpha value is -2.09. The first-order chi connectivity index (χ1) is 11.2. The van der Waals surface area contributed by atoms with E-state index < -0.39 is 0 Å². The molecule has 1 fully saturated rings. The molecule has 0 bridgehead atoms. The Kier molecular flexibility index (Phi) is 5.12. The number of thioether (sulfide) groups is 1. The van der Waals surface area contributed by atoms with E-state index in [9.17, 15) is 4.79 Å². The maximum atomic E-state index is 12.0. The first kappa shape index (κ1) is 15.8. The van der Waals surface area contributed by atoms with Crippen LogP contribution in [0.25, 0.3) is 0 Å². The fourth-order valence-electron chi connectivity index (χ4n) is 2.58. The molecule has 0 spiro atoms. The molecule has 1 aliphatic rings. The van der Waals surface area contributed by atoms with Gasteiger partial charge in [0.25, 0.3) is 0 Å². The van der Waals surface area contributed by atoms with Crippen LogP contribution in [0.2, 0.25) is 0 Å². The molecule has 1 amide bonds. The summed E-state index contributed by atoms with van der Waals surface area (Å²) < 4.78 is 1.55. The van der Waals surface area contributed by atoms with Crippen LogP contribution in [0.4, 0.5) is 11.4 Å². The minimum atomic E-state index is -0.0660. The molecule has 3 rings (SSSR count). The minimum absolute atomic E-state index is 0.0660. The van der Waals surface area contributed by atoms with E-state index >= 15 is 0 Å². The second kappa shape index (κ2) is 7.45. The summed E-state index contributed by atoms with van der Waals surface area (Å²) in [6, 6.07) is 8.05. The molecule has 1 saturated heterocycles. The van der Waals surface area contributed by atoms with Gasteiger partial charge in [-0.3, -0.25) is 4.79 Å². The molecule has 0 saturated carbocycles.